The maximum Gasteiger partial charge on any atom is 0.253 e. The molecule has 0 heterocycles. The van der Waals surface area contributed by atoms with E-state index in [0.717, 1.165) is 0 Å². The number of hydrogen-bond acceptors (Lipinski definition) is 3. The molecule has 0 aliphatic carbocycles. The summed E-state index contributed by atoms with van der Waals surface area (Å²) >= 11 is 5.88. The molecule has 0 saturated heterocycles. The van der Waals surface area contributed by atoms with Gasteiger partial charge in [-0.25, -0.2) is 0 Å². The highest BCUT2D eigenvalue weighted by Gasteiger charge is 2.13. The van der Waals surface area contributed by atoms with Crippen LogP contribution < -0.4 is 5.32 Å². The summed E-state index contributed by atoms with van der Waals surface area (Å²) in [5, 5.41) is 12.3. The Morgan fingerprint density at radius 1 is 1.59 bits per heavy atom. The van der Waals surface area contributed by atoms with Gasteiger partial charge in [-0.05, 0) is 32.0 Å². The number of benzene rings is 1. The van der Waals surface area contributed by atoms with E-state index in [1.807, 2.05) is 13.8 Å². The fraction of sp³-hybridized carbons (Fsp3) is 0.417. The zero-order chi connectivity index (χ0) is 12.8. The molecule has 0 spiro atoms. The largest absolute Gasteiger partial charge is 0.508 e. The minimum absolute atomic E-state index is 0.0111. The van der Waals surface area contributed by atoms with E-state index in [0.29, 0.717) is 18.2 Å². The standard InChI is InChI=1S/C12H16ClNO3/c1-3-17-7-8(2)14-12(16)10-6-9(15)4-5-11(10)13/h4-6,8,15H,3,7H2,1-2H3,(H,14,16). The van der Waals surface area contributed by atoms with Gasteiger partial charge >= 0.3 is 0 Å². The van der Waals surface area contributed by atoms with Gasteiger partial charge in [0.1, 0.15) is 5.75 Å². The second kappa shape index (κ2) is 6.47. The van der Waals surface area contributed by atoms with Crippen LogP contribution in [0.4, 0.5) is 0 Å². The molecular formula is C12H16ClNO3. The second-order valence-corrected chi connectivity index (χ2v) is 4.11. The van der Waals surface area contributed by atoms with Crippen LogP contribution in [-0.2, 0) is 4.74 Å². The Morgan fingerprint density at radius 3 is 2.94 bits per heavy atom. The number of halogens is 1. The number of phenols is 1. The zero-order valence-electron chi connectivity index (χ0n) is 9.87. The molecule has 1 unspecified atom stereocenters. The Labute approximate surface area is 106 Å². The number of hydrogen-bond donors (Lipinski definition) is 2. The molecule has 0 radical (unpaired) electrons. The van der Waals surface area contributed by atoms with Crippen LogP contribution >= 0.6 is 11.6 Å². The lowest BCUT2D eigenvalue weighted by atomic mass is 10.2. The molecule has 0 aliphatic heterocycles. The molecule has 0 aliphatic rings. The third-order valence-corrected chi connectivity index (χ3v) is 2.47. The van der Waals surface area contributed by atoms with E-state index in [4.69, 9.17) is 16.3 Å². The first kappa shape index (κ1) is 13.8. The van der Waals surface area contributed by atoms with Gasteiger partial charge in [0.15, 0.2) is 0 Å². The van der Waals surface area contributed by atoms with E-state index in [2.05, 4.69) is 5.32 Å². The predicted octanol–water partition coefficient (Wildman–Crippen LogP) is 2.20. The fourth-order valence-corrected chi connectivity index (χ4v) is 1.53. The lowest BCUT2D eigenvalue weighted by Crippen LogP contribution is -2.36. The van der Waals surface area contributed by atoms with Gasteiger partial charge < -0.3 is 15.2 Å². The molecule has 0 bridgehead atoms. The van der Waals surface area contributed by atoms with Crippen molar-refractivity contribution < 1.29 is 14.6 Å². The fourth-order valence-electron chi connectivity index (χ4n) is 1.33. The van der Waals surface area contributed by atoms with E-state index in [1.54, 1.807) is 0 Å². The lowest BCUT2D eigenvalue weighted by molar-refractivity contribution is 0.0872. The van der Waals surface area contributed by atoms with Crippen LogP contribution in [0.15, 0.2) is 18.2 Å². The van der Waals surface area contributed by atoms with Crippen molar-refractivity contribution in [3.63, 3.8) is 0 Å². The van der Waals surface area contributed by atoms with Gasteiger partial charge in [0.2, 0.25) is 0 Å². The SMILES string of the molecule is CCOCC(C)NC(=O)c1cc(O)ccc1Cl. The van der Waals surface area contributed by atoms with Gasteiger partial charge in [0, 0.05) is 12.6 Å². The van der Waals surface area contributed by atoms with E-state index in [-0.39, 0.29) is 23.3 Å². The van der Waals surface area contributed by atoms with Crippen molar-refractivity contribution in [3.05, 3.63) is 28.8 Å². The summed E-state index contributed by atoms with van der Waals surface area (Å²) in [6, 6.07) is 4.15. The Bertz CT molecular complexity index is 395. The van der Waals surface area contributed by atoms with E-state index >= 15 is 0 Å². The number of carbonyl (C=O) groups excluding carboxylic acids is 1. The van der Waals surface area contributed by atoms with E-state index < -0.39 is 0 Å². The van der Waals surface area contributed by atoms with Crippen LogP contribution in [0.3, 0.4) is 0 Å². The number of phenolic OH excluding ortho intramolecular Hbond substituents is 1. The molecule has 1 amide bonds. The van der Waals surface area contributed by atoms with Crippen LogP contribution in [0.2, 0.25) is 5.02 Å². The molecule has 1 rings (SSSR count). The summed E-state index contributed by atoms with van der Waals surface area (Å²) in [5.74, 6) is -0.310. The van der Waals surface area contributed by atoms with Gasteiger partial charge in [-0.15, -0.1) is 0 Å². The van der Waals surface area contributed by atoms with Gasteiger partial charge in [-0.3, -0.25) is 4.79 Å². The maximum atomic E-state index is 11.8. The summed E-state index contributed by atoms with van der Waals surface area (Å²) in [7, 11) is 0. The van der Waals surface area contributed by atoms with Crippen LogP contribution in [0.1, 0.15) is 24.2 Å². The normalized spacial score (nSPS) is 12.2. The van der Waals surface area contributed by atoms with Gasteiger partial charge in [-0.1, -0.05) is 11.6 Å². The third kappa shape index (κ3) is 4.24. The Kier molecular flexibility index (Phi) is 5.25. The molecule has 17 heavy (non-hydrogen) atoms. The first-order valence-electron chi connectivity index (χ1n) is 5.41. The molecule has 2 N–H and O–H groups in total. The molecule has 1 atom stereocenters. The number of carbonyl (C=O) groups is 1. The molecule has 5 heteroatoms. The highest BCUT2D eigenvalue weighted by atomic mass is 35.5. The highest BCUT2D eigenvalue weighted by molar-refractivity contribution is 6.33. The number of ether oxygens (including phenoxy) is 1. The number of amides is 1. The van der Waals surface area contributed by atoms with Crippen LogP contribution in [-0.4, -0.2) is 30.3 Å². The van der Waals surface area contributed by atoms with Crippen molar-refractivity contribution in [2.24, 2.45) is 0 Å². The molecular weight excluding hydrogens is 242 g/mol. The molecule has 4 nitrogen and oxygen atoms in total. The summed E-state index contributed by atoms with van der Waals surface area (Å²) in [6.07, 6.45) is 0. The summed E-state index contributed by atoms with van der Waals surface area (Å²) < 4.78 is 5.19. The quantitative estimate of drug-likeness (QED) is 0.850. The monoisotopic (exact) mass is 257 g/mol. The lowest BCUT2D eigenvalue weighted by Gasteiger charge is -2.14. The smallest absolute Gasteiger partial charge is 0.253 e. The second-order valence-electron chi connectivity index (χ2n) is 3.70. The van der Waals surface area contributed by atoms with E-state index in [9.17, 15) is 9.90 Å². The highest BCUT2D eigenvalue weighted by Crippen LogP contribution is 2.20. The first-order valence-corrected chi connectivity index (χ1v) is 5.79. The summed E-state index contributed by atoms with van der Waals surface area (Å²) in [6.45, 7) is 4.77. The summed E-state index contributed by atoms with van der Waals surface area (Å²) in [5.41, 5.74) is 0.259. The summed E-state index contributed by atoms with van der Waals surface area (Å²) in [4.78, 5) is 11.8. The predicted molar refractivity (Wildman–Crippen MR) is 66.5 cm³/mol. The maximum absolute atomic E-state index is 11.8. The van der Waals surface area contributed by atoms with Gasteiger partial charge in [0.25, 0.3) is 5.91 Å². The van der Waals surface area contributed by atoms with Crippen molar-refractivity contribution in [2.45, 2.75) is 19.9 Å². The molecule has 94 valence electrons. The van der Waals surface area contributed by atoms with Crippen molar-refractivity contribution in [1.82, 2.24) is 5.32 Å². The van der Waals surface area contributed by atoms with Crippen molar-refractivity contribution in [2.75, 3.05) is 13.2 Å². The number of rotatable bonds is 5. The Morgan fingerprint density at radius 2 is 2.29 bits per heavy atom. The average molecular weight is 258 g/mol. The Balaban J connectivity index is 2.66. The first-order chi connectivity index (χ1) is 8.04. The molecule has 1 aromatic rings. The van der Waals surface area contributed by atoms with E-state index in [1.165, 1.54) is 18.2 Å². The number of nitrogens with one attached hydrogen (secondary N) is 1. The van der Waals surface area contributed by atoms with Crippen LogP contribution in [0.5, 0.6) is 5.75 Å². The van der Waals surface area contributed by atoms with Crippen molar-refractivity contribution >= 4 is 17.5 Å². The number of aromatic hydroxyl groups is 1. The zero-order valence-corrected chi connectivity index (χ0v) is 10.6. The van der Waals surface area contributed by atoms with Crippen molar-refractivity contribution in [3.8, 4) is 5.75 Å². The topological polar surface area (TPSA) is 58.6 Å². The minimum Gasteiger partial charge on any atom is -0.508 e. The molecule has 0 saturated carbocycles. The van der Waals surface area contributed by atoms with Gasteiger partial charge in [-0.2, -0.15) is 0 Å². The average Bonchev–Trinajstić information content (AvgIpc) is 2.29. The molecule has 0 aromatic heterocycles. The minimum atomic E-state index is -0.321. The molecule has 1 aromatic carbocycles. The van der Waals surface area contributed by atoms with Crippen LogP contribution in [0, 0.1) is 0 Å². The van der Waals surface area contributed by atoms with Crippen LogP contribution in [0.25, 0.3) is 0 Å². The Hall–Kier alpha value is -1.26. The third-order valence-electron chi connectivity index (χ3n) is 2.14. The van der Waals surface area contributed by atoms with Crippen molar-refractivity contribution in [1.29, 1.82) is 0 Å². The molecule has 0 fully saturated rings. The van der Waals surface area contributed by atoms with Gasteiger partial charge in [0.05, 0.1) is 17.2 Å².